The summed E-state index contributed by atoms with van der Waals surface area (Å²) in [7, 11) is 0. The minimum atomic E-state index is -0.406. The maximum atomic E-state index is 13.9. The number of amides is 1. The SMILES string of the molecule is Cc1ccc(NC(=O)CN2C[C@@H](CN)[C@H](c3ccccc3)C2)c(F)c1.Cl. The van der Waals surface area contributed by atoms with Crippen molar-refractivity contribution in [2.75, 3.05) is 31.5 Å². The molecule has 0 bridgehead atoms. The molecule has 0 saturated carbocycles. The molecule has 3 rings (SSSR count). The highest BCUT2D eigenvalue weighted by molar-refractivity contribution is 5.92. The molecular formula is C20H25ClFN3O. The molecule has 2 atom stereocenters. The molecule has 1 saturated heterocycles. The largest absolute Gasteiger partial charge is 0.330 e. The molecular weight excluding hydrogens is 353 g/mol. The van der Waals surface area contributed by atoms with Gasteiger partial charge < -0.3 is 11.1 Å². The van der Waals surface area contributed by atoms with E-state index >= 15 is 0 Å². The van der Waals surface area contributed by atoms with Crippen molar-refractivity contribution < 1.29 is 9.18 Å². The number of hydrogen-bond acceptors (Lipinski definition) is 3. The van der Waals surface area contributed by atoms with Gasteiger partial charge in [-0.2, -0.15) is 0 Å². The molecule has 1 amide bonds. The smallest absolute Gasteiger partial charge is 0.238 e. The molecule has 0 aromatic heterocycles. The van der Waals surface area contributed by atoms with Gasteiger partial charge in [0.2, 0.25) is 5.91 Å². The quantitative estimate of drug-likeness (QED) is 0.841. The summed E-state index contributed by atoms with van der Waals surface area (Å²) in [6.07, 6.45) is 0. The Hall–Kier alpha value is -1.95. The lowest BCUT2D eigenvalue weighted by Gasteiger charge is -2.16. The van der Waals surface area contributed by atoms with E-state index in [4.69, 9.17) is 5.73 Å². The predicted octanol–water partition coefficient (Wildman–Crippen LogP) is 3.17. The first-order chi connectivity index (χ1) is 12.1. The summed E-state index contributed by atoms with van der Waals surface area (Å²) in [5, 5.41) is 2.66. The molecule has 26 heavy (non-hydrogen) atoms. The van der Waals surface area contributed by atoms with Gasteiger partial charge in [0.25, 0.3) is 0 Å². The number of rotatable bonds is 5. The zero-order valence-corrected chi connectivity index (χ0v) is 15.6. The van der Waals surface area contributed by atoms with Gasteiger partial charge in [-0.1, -0.05) is 36.4 Å². The van der Waals surface area contributed by atoms with Gasteiger partial charge in [-0.3, -0.25) is 9.69 Å². The molecule has 1 fully saturated rings. The zero-order valence-electron chi connectivity index (χ0n) is 14.8. The molecule has 3 N–H and O–H groups in total. The maximum Gasteiger partial charge on any atom is 0.238 e. The summed E-state index contributed by atoms with van der Waals surface area (Å²) < 4.78 is 13.9. The molecule has 0 spiro atoms. The van der Waals surface area contributed by atoms with Crippen molar-refractivity contribution in [3.05, 3.63) is 65.5 Å². The average Bonchev–Trinajstić information content (AvgIpc) is 3.01. The highest BCUT2D eigenvalue weighted by atomic mass is 35.5. The second-order valence-electron chi connectivity index (χ2n) is 6.74. The maximum absolute atomic E-state index is 13.9. The third-order valence-corrected chi connectivity index (χ3v) is 4.81. The summed E-state index contributed by atoms with van der Waals surface area (Å²) in [5.41, 5.74) is 8.24. The first kappa shape index (κ1) is 20.4. The molecule has 4 nitrogen and oxygen atoms in total. The van der Waals surface area contributed by atoms with Gasteiger partial charge >= 0.3 is 0 Å². The monoisotopic (exact) mass is 377 g/mol. The first-order valence-electron chi connectivity index (χ1n) is 8.60. The lowest BCUT2D eigenvalue weighted by atomic mass is 9.89. The molecule has 1 aliphatic rings. The number of carbonyl (C=O) groups excluding carboxylic acids is 1. The van der Waals surface area contributed by atoms with Crippen molar-refractivity contribution in [1.82, 2.24) is 4.90 Å². The standard InChI is InChI=1S/C20H24FN3O.ClH/c1-14-7-8-19(18(21)9-14)23-20(25)13-24-11-16(10-22)17(12-24)15-5-3-2-4-6-15;/h2-9,16-17H,10-13,22H2,1H3,(H,23,25);1H/t16-,17+;/m1./s1. The molecule has 6 heteroatoms. The van der Waals surface area contributed by atoms with Gasteiger partial charge in [-0.05, 0) is 42.6 Å². The van der Waals surface area contributed by atoms with E-state index in [9.17, 15) is 9.18 Å². The number of benzene rings is 2. The molecule has 2 aromatic carbocycles. The highest BCUT2D eigenvalue weighted by Gasteiger charge is 2.33. The van der Waals surface area contributed by atoms with Crippen LogP contribution in [0.25, 0.3) is 0 Å². The Morgan fingerprint density at radius 3 is 2.62 bits per heavy atom. The molecule has 0 aliphatic carbocycles. The molecule has 1 aliphatic heterocycles. The van der Waals surface area contributed by atoms with Crippen LogP contribution in [-0.4, -0.2) is 37.0 Å². The lowest BCUT2D eigenvalue weighted by molar-refractivity contribution is -0.117. The summed E-state index contributed by atoms with van der Waals surface area (Å²) in [6.45, 7) is 4.21. The van der Waals surface area contributed by atoms with E-state index in [1.54, 1.807) is 12.1 Å². The van der Waals surface area contributed by atoms with E-state index in [2.05, 4.69) is 22.3 Å². The van der Waals surface area contributed by atoms with Crippen LogP contribution in [0.2, 0.25) is 0 Å². The molecule has 140 valence electrons. The minimum absolute atomic E-state index is 0. The number of aryl methyl sites for hydroxylation is 1. The van der Waals surface area contributed by atoms with E-state index in [1.165, 1.54) is 11.6 Å². The van der Waals surface area contributed by atoms with Crippen LogP contribution < -0.4 is 11.1 Å². The Morgan fingerprint density at radius 1 is 1.23 bits per heavy atom. The number of carbonyl (C=O) groups is 1. The fraction of sp³-hybridized carbons (Fsp3) is 0.350. The van der Waals surface area contributed by atoms with Crippen LogP contribution in [0.15, 0.2) is 48.5 Å². The van der Waals surface area contributed by atoms with Crippen LogP contribution in [0.5, 0.6) is 0 Å². The van der Waals surface area contributed by atoms with E-state index in [1.807, 2.05) is 25.1 Å². The van der Waals surface area contributed by atoms with Crippen LogP contribution in [0.4, 0.5) is 10.1 Å². The Balaban J connectivity index is 0.00000243. The van der Waals surface area contributed by atoms with Crippen LogP contribution in [-0.2, 0) is 4.79 Å². The fourth-order valence-corrected chi connectivity index (χ4v) is 3.52. The van der Waals surface area contributed by atoms with Gasteiger partial charge in [-0.15, -0.1) is 12.4 Å². The van der Waals surface area contributed by atoms with Gasteiger partial charge in [0.05, 0.1) is 12.2 Å². The summed E-state index contributed by atoms with van der Waals surface area (Å²) in [4.78, 5) is 14.4. The second kappa shape index (κ2) is 9.12. The van der Waals surface area contributed by atoms with Gasteiger partial charge in [0.1, 0.15) is 5.82 Å². The zero-order chi connectivity index (χ0) is 17.8. The number of likely N-dealkylation sites (tertiary alicyclic amines) is 1. The van der Waals surface area contributed by atoms with Crippen molar-refractivity contribution in [2.45, 2.75) is 12.8 Å². The number of nitrogens with zero attached hydrogens (tertiary/aromatic N) is 1. The highest BCUT2D eigenvalue weighted by Crippen LogP contribution is 2.31. The third-order valence-electron chi connectivity index (χ3n) is 4.81. The van der Waals surface area contributed by atoms with Crippen molar-refractivity contribution in [2.24, 2.45) is 11.7 Å². The minimum Gasteiger partial charge on any atom is -0.330 e. The third kappa shape index (κ3) is 4.81. The van der Waals surface area contributed by atoms with Crippen LogP contribution >= 0.6 is 12.4 Å². The van der Waals surface area contributed by atoms with Crippen molar-refractivity contribution in [3.8, 4) is 0 Å². The van der Waals surface area contributed by atoms with E-state index in [0.717, 1.165) is 18.7 Å². The Kier molecular flexibility index (Phi) is 7.14. The van der Waals surface area contributed by atoms with Crippen LogP contribution in [0.3, 0.4) is 0 Å². The number of halogens is 2. The second-order valence-corrected chi connectivity index (χ2v) is 6.74. The van der Waals surface area contributed by atoms with Crippen LogP contribution in [0, 0.1) is 18.7 Å². The van der Waals surface area contributed by atoms with Crippen molar-refractivity contribution in [1.29, 1.82) is 0 Å². The molecule has 1 heterocycles. The summed E-state index contributed by atoms with van der Waals surface area (Å²) >= 11 is 0. The summed E-state index contributed by atoms with van der Waals surface area (Å²) in [6, 6.07) is 15.1. The Bertz CT molecular complexity index is 741. The lowest BCUT2D eigenvalue weighted by Crippen LogP contribution is -2.32. The van der Waals surface area contributed by atoms with Crippen molar-refractivity contribution >= 4 is 24.0 Å². The van der Waals surface area contributed by atoms with Gasteiger partial charge in [0, 0.05) is 19.0 Å². The van der Waals surface area contributed by atoms with Crippen LogP contribution in [0.1, 0.15) is 17.0 Å². The van der Waals surface area contributed by atoms with Gasteiger partial charge in [0.15, 0.2) is 0 Å². The fourth-order valence-electron chi connectivity index (χ4n) is 3.52. The van der Waals surface area contributed by atoms with Gasteiger partial charge in [-0.25, -0.2) is 4.39 Å². The van der Waals surface area contributed by atoms with Crippen molar-refractivity contribution in [3.63, 3.8) is 0 Å². The number of hydrogen-bond donors (Lipinski definition) is 2. The first-order valence-corrected chi connectivity index (χ1v) is 8.60. The Morgan fingerprint density at radius 2 is 1.96 bits per heavy atom. The number of nitrogens with two attached hydrogens (primary N) is 1. The predicted molar refractivity (Wildman–Crippen MR) is 105 cm³/mol. The van der Waals surface area contributed by atoms with E-state index < -0.39 is 5.82 Å². The molecule has 2 aromatic rings. The molecule has 0 unspecified atom stereocenters. The normalized spacial score (nSPS) is 19.8. The Labute approximate surface area is 160 Å². The average molecular weight is 378 g/mol. The topological polar surface area (TPSA) is 58.4 Å². The van der Waals surface area contributed by atoms with E-state index in [0.29, 0.717) is 18.4 Å². The number of anilines is 1. The van der Waals surface area contributed by atoms with E-state index in [-0.39, 0.29) is 30.5 Å². The summed E-state index contributed by atoms with van der Waals surface area (Å²) in [5.74, 6) is 0.0467. The number of nitrogens with one attached hydrogen (secondary N) is 1. The molecule has 0 radical (unpaired) electrons.